The van der Waals surface area contributed by atoms with Gasteiger partial charge in [0.15, 0.2) is 0 Å². The van der Waals surface area contributed by atoms with Crippen molar-refractivity contribution in [3.63, 3.8) is 0 Å². The number of rotatable bonds is 6. The van der Waals surface area contributed by atoms with E-state index >= 15 is 0 Å². The molecule has 0 aliphatic heterocycles. The summed E-state index contributed by atoms with van der Waals surface area (Å²) in [6, 6.07) is 4.78. The monoisotopic (exact) mass is 354 g/mol. The zero-order valence-corrected chi connectivity index (χ0v) is 13.6. The highest BCUT2D eigenvalue weighted by atomic mass is 79.9. The summed E-state index contributed by atoms with van der Waals surface area (Å²) in [4.78, 5) is 25.0. The minimum absolute atomic E-state index is 0.00644. The molecule has 0 unspecified atom stereocenters. The SMILES string of the molecule is Cc1cc([N+](=O)[O-])ccc1C(=O)N(CCCBr)C1CCC1. The normalized spacial score (nSPS) is 14.6. The fourth-order valence-electron chi connectivity index (χ4n) is 2.53. The first-order valence-electron chi connectivity index (χ1n) is 7.16. The number of aryl methyl sites for hydroxylation is 1. The molecule has 0 spiro atoms. The Bertz CT molecular complexity index is 544. The summed E-state index contributed by atoms with van der Waals surface area (Å²) in [7, 11) is 0. The number of halogens is 1. The van der Waals surface area contributed by atoms with Crippen LogP contribution in [0.1, 0.15) is 41.6 Å². The highest BCUT2D eigenvalue weighted by Crippen LogP contribution is 2.28. The number of hydrogen-bond donors (Lipinski definition) is 0. The molecule has 2 rings (SSSR count). The Hall–Kier alpha value is -1.43. The first-order valence-corrected chi connectivity index (χ1v) is 8.28. The predicted octanol–water partition coefficient (Wildman–Crippen LogP) is 3.68. The average molecular weight is 355 g/mol. The Morgan fingerprint density at radius 3 is 2.67 bits per heavy atom. The summed E-state index contributed by atoms with van der Waals surface area (Å²) in [6.45, 7) is 2.48. The Balaban J connectivity index is 2.21. The van der Waals surface area contributed by atoms with Gasteiger partial charge in [0, 0.05) is 35.6 Å². The maximum atomic E-state index is 12.7. The third-order valence-electron chi connectivity index (χ3n) is 3.96. The summed E-state index contributed by atoms with van der Waals surface area (Å²) < 4.78 is 0. The highest BCUT2D eigenvalue weighted by molar-refractivity contribution is 9.09. The smallest absolute Gasteiger partial charge is 0.269 e. The fourth-order valence-corrected chi connectivity index (χ4v) is 2.79. The number of carbonyl (C=O) groups is 1. The first kappa shape index (κ1) is 15.9. The standard InChI is InChI=1S/C15H19BrN2O3/c1-11-10-13(18(20)21)6-7-14(11)15(19)17(9-3-8-16)12-4-2-5-12/h6-7,10,12H,2-5,8-9H2,1H3. The molecule has 21 heavy (non-hydrogen) atoms. The molecule has 1 aromatic rings. The van der Waals surface area contributed by atoms with Crippen LogP contribution >= 0.6 is 15.9 Å². The van der Waals surface area contributed by atoms with Gasteiger partial charge in [-0.1, -0.05) is 15.9 Å². The summed E-state index contributed by atoms with van der Waals surface area (Å²) in [5, 5.41) is 11.6. The fraction of sp³-hybridized carbons (Fsp3) is 0.533. The van der Waals surface area contributed by atoms with Crippen molar-refractivity contribution in [2.45, 2.75) is 38.6 Å². The van der Waals surface area contributed by atoms with E-state index in [-0.39, 0.29) is 11.6 Å². The molecule has 1 fully saturated rings. The number of hydrogen-bond acceptors (Lipinski definition) is 3. The van der Waals surface area contributed by atoms with Crippen LogP contribution < -0.4 is 0 Å². The maximum Gasteiger partial charge on any atom is 0.269 e. The topological polar surface area (TPSA) is 63.5 Å². The molecule has 114 valence electrons. The van der Waals surface area contributed by atoms with Crippen LogP contribution in [0.4, 0.5) is 5.69 Å². The molecule has 5 nitrogen and oxygen atoms in total. The molecule has 6 heteroatoms. The third kappa shape index (κ3) is 3.61. The van der Waals surface area contributed by atoms with E-state index in [1.807, 2.05) is 4.90 Å². The Labute approximate surface area is 132 Å². The minimum Gasteiger partial charge on any atom is -0.336 e. The molecule has 0 radical (unpaired) electrons. The summed E-state index contributed by atoms with van der Waals surface area (Å²) >= 11 is 3.40. The number of amides is 1. The van der Waals surface area contributed by atoms with Crippen molar-refractivity contribution in [1.82, 2.24) is 4.90 Å². The maximum absolute atomic E-state index is 12.7. The molecular formula is C15H19BrN2O3. The lowest BCUT2D eigenvalue weighted by molar-refractivity contribution is -0.384. The summed E-state index contributed by atoms with van der Waals surface area (Å²) in [5.74, 6) is -0.00644. The molecular weight excluding hydrogens is 336 g/mol. The molecule has 1 saturated carbocycles. The van der Waals surface area contributed by atoms with Crippen molar-refractivity contribution >= 4 is 27.5 Å². The second kappa shape index (κ2) is 7.02. The number of nitrogens with zero attached hydrogens (tertiary/aromatic N) is 2. The van der Waals surface area contributed by atoms with Gasteiger partial charge in [0.1, 0.15) is 0 Å². The number of benzene rings is 1. The van der Waals surface area contributed by atoms with Gasteiger partial charge in [-0.2, -0.15) is 0 Å². The van der Waals surface area contributed by atoms with E-state index in [1.165, 1.54) is 18.6 Å². The van der Waals surface area contributed by atoms with Gasteiger partial charge < -0.3 is 4.90 Å². The van der Waals surface area contributed by atoms with Crippen LogP contribution in [0.3, 0.4) is 0 Å². The molecule has 1 aromatic carbocycles. The largest absolute Gasteiger partial charge is 0.336 e. The first-order chi connectivity index (χ1) is 10.0. The Kier molecular flexibility index (Phi) is 5.33. The van der Waals surface area contributed by atoms with Gasteiger partial charge >= 0.3 is 0 Å². The van der Waals surface area contributed by atoms with E-state index in [4.69, 9.17) is 0 Å². The van der Waals surface area contributed by atoms with Gasteiger partial charge in [-0.25, -0.2) is 0 Å². The van der Waals surface area contributed by atoms with Crippen molar-refractivity contribution in [2.24, 2.45) is 0 Å². The van der Waals surface area contributed by atoms with Gasteiger partial charge in [0.05, 0.1) is 4.92 Å². The zero-order valence-electron chi connectivity index (χ0n) is 12.0. The molecule has 1 aliphatic carbocycles. The molecule has 0 atom stereocenters. The molecule has 0 bridgehead atoms. The van der Waals surface area contributed by atoms with Gasteiger partial charge in [-0.15, -0.1) is 0 Å². The van der Waals surface area contributed by atoms with E-state index in [0.717, 1.165) is 31.1 Å². The Morgan fingerprint density at radius 1 is 1.48 bits per heavy atom. The summed E-state index contributed by atoms with van der Waals surface area (Å²) in [6.07, 6.45) is 4.19. The number of carbonyl (C=O) groups excluding carboxylic acids is 1. The second-order valence-electron chi connectivity index (χ2n) is 5.38. The Morgan fingerprint density at radius 2 is 2.19 bits per heavy atom. The quantitative estimate of drug-likeness (QED) is 0.444. The van der Waals surface area contributed by atoms with E-state index in [1.54, 1.807) is 13.0 Å². The van der Waals surface area contributed by atoms with Crippen LogP contribution in [0.2, 0.25) is 0 Å². The van der Waals surface area contributed by atoms with Gasteiger partial charge in [-0.3, -0.25) is 14.9 Å². The molecule has 0 aromatic heterocycles. The van der Waals surface area contributed by atoms with Gasteiger partial charge in [0.25, 0.3) is 11.6 Å². The van der Waals surface area contributed by atoms with Crippen LogP contribution in [0.25, 0.3) is 0 Å². The van der Waals surface area contributed by atoms with Crippen LogP contribution in [0.15, 0.2) is 18.2 Å². The van der Waals surface area contributed by atoms with E-state index in [0.29, 0.717) is 17.2 Å². The third-order valence-corrected chi connectivity index (χ3v) is 4.52. The van der Waals surface area contributed by atoms with E-state index < -0.39 is 4.92 Å². The average Bonchev–Trinajstić information content (AvgIpc) is 2.40. The van der Waals surface area contributed by atoms with Crippen LogP contribution in [0.5, 0.6) is 0 Å². The van der Waals surface area contributed by atoms with Crippen molar-refractivity contribution in [1.29, 1.82) is 0 Å². The zero-order chi connectivity index (χ0) is 15.4. The predicted molar refractivity (Wildman–Crippen MR) is 84.9 cm³/mol. The van der Waals surface area contributed by atoms with Gasteiger partial charge in [-0.05, 0) is 44.2 Å². The van der Waals surface area contributed by atoms with Crippen molar-refractivity contribution in [3.8, 4) is 0 Å². The molecule has 0 heterocycles. The van der Waals surface area contributed by atoms with Gasteiger partial charge in [0.2, 0.25) is 0 Å². The lowest BCUT2D eigenvalue weighted by Gasteiger charge is -2.38. The second-order valence-corrected chi connectivity index (χ2v) is 6.18. The molecule has 0 N–H and O–H groups in total. The number of non-ortho nitro benzene ring substituents is 1. The van der Waals surface area contributed by atoms with Crippen molar-refractivity contribution in [2.75, 3.05) is 11.9 Å². The highest BCUT2D eigenvalue weighted by Gasteiger charge is 2.29. The lowest BCUT2D eigenvalue weighted by Crippen LogP contribution is -2.45. The van der Waals surface area contributed by atoms with Crippen LogP contribution in [-0.2, 0) is 0 Å². The lowest BCUT2D eigenvalue weighted by atomic mass is 9.90. The van der Waals surface area contributed by atoms with E-state index in [9.17, 15) is 14.9 Å². The van der Waals surface area contributed by atoms with Crippen LogP contribution in [0, 0.1) is 17.0 Å². The summed E-state index contributed by atoms with van der Waals surface area (Å²) in [5.41, 5.74) is 1.26. The minimum atomic E-state index is -0.435. The van der Waals surface area contributed by atoms with Crippen molar-refractivity contribution in [3.05, 3.63) is 39.4 Å². The number of alkyl halides is 1. The van der Waals surface area contributed by atoms with Crippen molar-refractivity contribution < 1.29 is 9.72 Å². The van der Waals surface area contributed by atoms with Crippen LogP contribution in [-0.4, -0.2) is 33.6 Å². The van der Waals surface area contributed by atoms with E-state index in [2.05, 4.69) is 15.9 Å². The number of nitro groups is 1. The molecule has 1 amide bonds. The molecule has 0 saturated heterocycles. The number of nitro benzene ring substituents is 1. The molecule has 1 aliphatic rings.